The number of thiophene rings is 1. The number of nitrogens with zero attached hydrogens (tertiary/aromatic N) is 2. The van der Waals surface area contributed by atoms with E-state index in [-0.39, 0.29) is 0 Å². The molecule has 84 valence electrons. The van der Waals surface area contributed by atoms with Gasteiger partial charge in [0.05, 0.1) is 5.69 Å². The van der Waals surface area contributed by atoms with E-state index in [0.717, 1.165) is 18.1 Å². The number of aromatic nitrogens is 2. The molecule has 0 spiro atoms. The van der Waals surface area contributed by atoms with Crippen LogP contribution in [0.25, 0.3) is 0 Å². The van der Waals surface area contributed by atoms with Crippen LogP contribution in [0.4, 0.5) is 0 Å². The molecular formula is C12H15N3S. The summed E-state index contributed by atoms with van der Waals surface area (Å²) in [5.74, 6) is 0.822. The molecule has 0 aliphatic carbocycles. The molecule has 0 radical (unpaired) electrons. The Morgan fingerprint density at radius 3 is 3.00 bits per heavy atom. The summed E-state index contributed by atoms with van der Waals surface area (Å²) in [5.41, 5.74) is 1.04. The van der Waals surface area contributed by atoms with Gasteiger partial charge in [0.15, 0.2) is 0 Å². The van der Waals surface area contributed by atoms with Gasteiger partial charge in [-0.3, -0.25) is 0 Å². The van der Waals surface area contributed by atoms with E-state index in [1.165, 1.54) is 4.88 Å². The van der Waals surface area contributed by atoms with Gasteiger partial charge in [-0.25, -0.2) is 9.97 Å². The monoisotopic (exact) mass is 233 g/mol. The van der Waals surface area contributed by atoms with Crippen LogP contribution in [-0.2, 0) is 6.54 Å². The second-order valence-corrected chi connectivity index (χ2v) is 4.69. The SMILES string of the molecule is Cc1nccc(CN[C@H](C)c2cccs2)n1. The van der Waals surface area contributed by atoms with Crippen LogP contribution >= 0.6 is 11.3 Å². The standard InChI is InChI=1S/C12H15N3S/c1-9(12-4-3-7-16-12)14-8-11-5-6-13-10(2)15-11/h3-7,9,14H,8H2,1-2H3/t9-/m1/s1. The van der Waals surface area contributed by atoms with Crippen molar-refractivity contribution in [2.45, 2.75) is 26.4 Å². The van der Waals surface area contributed by atoms with E-state index in [1.807, 2.05) is 13.0 Å². The molecular weight excluding hydrogens is 218 g/mol. The predicted octanol–water partition coefficient (Wildman–Crippen LogP) is 2.70. The lowest BCUT2D eigenvalue weighted by molar-refractivity contribution is 0.574. The number of nitrogens with one attached hydrogen (secondary N) is 1. The molecule has 3 nitrogen and oxygen atoms in total. The first-order chi connectivity index (χ1) is 7.75. The quantitative estimate of drug-likeness (QED) is 0.882. The Labute approximate surface area is 99.6 Å². The van der Waals surface area contributed by atoms with Crippen molar-refractivity contribution in [1.29, 1.82) is 0 Å². The van der Waals surface area contributed by atoms with E-state index in [0.29, 0.717) is 6.04 Å². The fourth-order valence-electron chi connectivity index (χ4n) is 1.50. The molecule has 16 heavy (non-hydrogen) atoms. The van der Waals surface area contributed by atoms with Gasteiger partial charge in [-0.1, -0.05) is 6.07 Å². The first kappa shape index (κ1) is 11.2. The predicted molar refractivity (Wildman–Crippen MR) is 66.3 cm³/mol. The summed E-state index contributed by atoms with van der Waals surface area (Å²) in [6.07, 6.45) is 1.80. The summed E-state index contributed by atoms with van der Waals surface area (Å²) in [6, 6.07) is 6.54. The maximum Gasteiger partial charge on any atom is 0.125 e. The van der Waals surface area contributed by atoms with Gasteiger partial charge in [0.25, 0.3) is 0 Å². The Kier molecular flexibility index (Phi) is 3.64. The van der Waals surface area contributed by atoms with Crippen molar-refractivity contribution >= 4 is 11.3 Å². The Morgan fingerprint density at radius 1 is 1.44 bits per heavy atom. The molecule has 4 heteroatoms. The van der Waals surface area contributed by atoms with E-state index in [9.17, 15) is 0 Å². The van der Waals surface area contributed by atoms with Gasteiger partial charge in [0.1, 0.15) is 5.82 Å². The molecule has 2 aromatic rings. The summed E-state index contributed by atoms with van der Waals surface area (Å²) in [4.78, 5) is 9.79. The van der Waals surface area contributed by atoms with Gasteiger partial charge in [-0.05, 0) is 31.4 Å². The highest BCUT2D eigenvalue weighted by Crippen LogP contribution is 2.18. The van der Waals surface area contributed by atoms with E-state index >= 15 is 0 Å². The zero-order valence-electron chi connectivity index (χ0n) is 9.47. The number of hydrogen-bond donors (Lipinski definition) is 1. The molecule has 0 bridgehead atoms. The second kappa shape index (κ2) is 5.18. The Morgan fingerprint density at radius 2 is 2.31 bits per heavy atom. The maximum atomic E-state index is 4.36. The van der Waals surface area contributed by atoms with E-state index in [2.05, 4.69) is 39.7 Å². The van der Waals surface area contributed by atoms with Crippen molar-refractivity contribution in [2.75, 3.05) is 0 Å². The lowest BCUT2D eigenvalue weighted by Gasteiger charge is -2.11. The molecule has 0 aliphatic heterocycles. The summed E-state index contributed by atoms with van der Waals surface area (Å²) in [7, 11) is 0. The summed E-state index contributed by atoms with van der Waals surface area (Å²) >= 11 is 1.77. The molecule has 2 rings (SSSR count). The zero-order chi connectivity index (χ0) is 11.4. The Hall–Kier alpha value is -1.26. The third kappa shape index (κ3) is 2.87. The zero-order valence-corrected chi connectivity index (χ0v) is 10.3. The lowest BCUT2D eigenvalue weighted by atomic mass is 10.2. The van der Waals surface area contributed by atoms with Crippen LogP contribution < -0.4 is 5.32 Å². The fraction of sp³-hybridized carbons (Fsp3) is 0.333. The lowest BCUT2D eigenvalue weighted by Crippen LogP contribution is -2.18. The minimum absolute atomic E-state index is 0.371. The molecule has 1 N–H and O–H groups in total. The normalized spacial score (nSPS) is 12.6. The average Bonchev–Trinajstić information content (AvgIpc) is 2.79. The molecule has 0 amide bonds. The highest BCUT2D eigenvalue weighted by molar-refractivity contribution is 7.10. The smallest absolute Gasteiger partial charge is 0.125 e. The van der Waals surface area contributed by atoms with Crippen molar-refractivity contribution in [3.8, 4) is 0 Å². The Balaban J connectivity index is 1.92. The molecule has 1 atom stereocenters. The van der Waals surface area contributed by atoms with E-state index in [1.54, 1.807) is 17.5 Å². The first-order valence-electron chi connectivity index (χ1n) is 5.31. The van der Waals surface area contributed by atoms with E-state index < -0.39 is 0 Å². The summed E-state index contributed by atoms with van der Waals surface area (Å²) in [6.45, 7) is 4.86. The van der Waals surface area contributed by atoms with E-state index in [4.69, 9.17) is 0 Å². The van der Waals surface area contributed by atoms with Gasteiger partial charge in [0, 0.05) is 23.7 Å². The van der Waals surface area contributed by atoms with Crippen molar-refractivity contribution in [2.24, 2.45) is 0 Å². The fourth-order valence-corrected chi connectivity index (χ4v) is 2.26. The largest absolute Gasteiger partial charge is 0.304 e. The van der Waals surface area contributed by atoms with Crippen LogP contribution in [0.5, 0.6) is 0 Å². The number of rotatable bonds is 4. The van der Waals surface area contributed by atoms with Gasteiger partial charge in [-0.2, -0.15) is 0 Å². The molecule has 0 fully saturated rings. The van der Waals surface area contributed by atoms with Crippen LogP contribution in [0, 0.1) is 6.92 Å². The first-order valence-corrected chi connectivity index (χ1v) is 6.19. The molecule has 0 saturated heterocycles. The molecule has 0 aliphatic rings. The van der Waals surface area contributed by atoms with Crippen molar-refractivity contribution in [3.63, 3.8) is 0 Å². The van der Waals surface area contributed by atoms with Gasteiger partial charge in [0.2, 0.25) is 0 Å². The second-order valence-electron chi connectivity index (χ2n) is 3.71. The average molecular weight is 233 g/mol. The highest BCUT2D eigenvalue weighted by Gasteiger charge is 2.05. The van der Waals surface area contributed by atoms with Crippen molar-refractivity contribution in [1.82, 2.24) is 15.3 Å². The summed E-state index contributed by atoms with van der Waals surface area (Å²) in [5, 5.41) is 5.55. The minimum Gasteiger partial charge on any atom is -0.304 e. The van der Waals surface area contributed by atoms with Gasteiger partial charge in [-0.15, -0.1) is 11.3 Å². The topological polar surface area (TPSA) is 37.8 Å². The van der Waals surface area contributed by atoms with Gasteiger partial charge < -0.3 is 5.32 Å². The molecule has 2 heterocycles. The molecule has 0 saturated carbocycles. The van der Waals surface area contributed by atoms with Crippen LogP contribution in [0.1, 0.15) is 29.4 Å². The third-order valence-corrected chi connectivity index (χ3v) is 3.45. The number of hydrogen-bond acceptors (Lipinski definition) is 4. The third-order valence-electron chi connectivity index (χ3n) is 2.39. The molecule has 0 unspecified atom stereocenters. The molecule has 2 aromatic heterocycles. The van der Waals surface area contributed by atoms with Crippen molar-refractivity contribution in [3.05, 3.63) is 46.2 Å². The Bertz CT molecular complexity index is 439. The maximum absolute atomic E-state index is 4.36. The van der Waals surface area contributed by atoms with Crippen LogP contribution in [0.3, 0.4) is 0 Å². The van der Waals surface area contributed by atoms with Crippen molar-refractivity contribution < 1.29 is 0 Å². The number of aryl methyl sites for hydroxylation is 1. The molecule has 0 aromatic carbocycles. The van der Waals surface area contributed by atoms with Crippen LogP contribution in [0.15, 0.2) is 29.8 Å². The minimum atomic E-state index is 0.371. The van der Waals surface area contributed by atoms with Crippen LogP contribution in [0.2, 0.25) is 0 Å². The summed E-state index contributed by atoms with van der Waals surface area (Å²) < 4.78 is 0. The van der Waals surface area contributed by atoms with Gasteiger partial charge >= 0.3 is 0 Å². The highest BCUT2D eigenvalue weighted by atomic mass is 32.1. The van der Waals surface area contributed by atoms with Crippen LogP contribution in [-0.4, -0.2) is 9.97 Å².